The van der Waals surface area contributed by atoms with Gasteiger partial charge in [-0.15, -0.1) is 0 Å². The van der Waals surface area contributed by atoms with Gasteiger partial charge < -0.3 is 9.80 Å². The third kappa shape index (κ3) is 4.96. The van der Waals surface area contributed by atoms with Gasteiger partial charge in [0.15, 0.2) is 5.69 Å². The van der Waals surface area contributed by atoms with E-state index in [4.69, 9.17) is 6.57 Å². The highest BCUT2D eigenvalue weighted by Gasteiger charge is 2.40. The van der Waals surface area contributed by atoms with Gasteiger partial charge in [-0.05, 0) is 65.8 Å². The quantitative estimate of drug-likeness (QED) is 0.261. The maximum atomic E-state index is 14.5. The van der Waals surface area contributed by atoms with Crippen LogP contribution in [-0.4, -0.2) is 60.7 Å². The highest BCUT2D eigenvalue weighted by molar-refractivity contribution is 6.27. The molecule has 7 rings (SSSR count). The van der Waals surface area contributed by atoms with Crippen LogP contribution in [0.1, 0.15) is 44.7 Å². The van der Waals surface area contributed by atoms with E-state index >= 15 is 0 Å². The Morgan fingerprint density at radius 3 is 2.40 bits per heavy atom. The van der Waals surface area contributed by atoms with Gasteiger partial charge in [-0.3, -0.25) is 29.4 Å². The number of benzene rings is 4. The summed E-state index contributed by atoms with van der Waals surface area (Å²) in [6.45, 7) is 8.96. The second kappa shape index (κ2) is 11.2. The molecule has 4 aromatic carbocycles. The number of anilines is 2. The molecule has 0 spiro atoms. The number of rotatable bonds is 5. The molecule has 0 bridgehead atoms. The minimum absolute atomic E-state index is 0.0811. The Bertz CT molecular complexity index is 1940. The normalized spacial score (nSPS) is 17.9. The zero-order valence-corrected chi connectivity index (χ0v) is 24.3. The predicted octanol–water partition coefficient (Wildman–Crippen LogP) is 4.85. The number of piperidine rings is 1. The van der Waals surface area contributed by atoms with E-state index in [1.807, 2.05) is 53.4 Å². The zero-order valence-electron chi connectivity index (χ0n) is 24.3. The zero-order chi connectivity index (χ0) is 31.2. The van der Waals surface area contributed by atoms with Crippen molar-refractivity contribution in [2.45, 2.75) is 25.3 Å². The van der Waals surface area contributed by atoms with Gasteiger partial charge in [0.1, 0.15) is 11.9 Å². The molecule has 3 aliphatic rings. The number of nitrogens with zero attached hydrogens (tertiary/aromatic N) is 4. The number of imide groups is 1. The van der Waals surface area contributed by atoms with Crippen molar-refractivity contribution in [1.82, 2.24) is 10.2 Å². The monoisotopic (exact) mass is 601 g/mol. The Morgan fingerprint density at radius 1 is 0.933 bits per heavy atom. The Balaban J connectivity index is 1.05. The molecule has 2 saturated heterocycles. The molecule has 4 aromatic rings. The molecule has 1 unspecified atom stereocenters. The largest absolute Gasteiger partial charge is 0.366 e. The lowest BCUT2D eigenvalue weighted by Crippen LogP contribution is -2.53. The summed E-state index contributed by atoms with van der Waals surface area (Å²) in [5.74, 6) is -1.54. The third-order valence-corrected chi connectivity index (χ3v) is 8.90. The van der Waals surface area contributed by atoms with E-state index in [0.717, 1.165) is 21.9 Å². The molecular formula is C35H28FN5O4. The Hall–Kier alpha value is -5.56. The van der Waals surface area contributed by atoms with Crippen molar-refractivity contribution in [2.75, 3.05) is 36.0 Å². The number of carbonyl (C=O) groups is 4. The second-order valence-corrected chi connectivity index (χ2v) is 11.5. The van der Waals surface area contributed by atoms with Crippen molar-refractivity contribution >= 4 is 51.5 Å². The molecule has 10 heteroatoms. The van der Waals surface area contributed by atoms with Gasteiger partial charge in [-0.25, -0.2) is 9.24 Å². The van der Waals surface area contributed by atoms with Crippen LogP contribution in [0.5, 0.6) is 0 Å². The van der Waals surface area contributed by atoms with Crippen LogP contribution >= 0.6 is 0 Å². The molecule has 3 heterocycles. The van der Waals surface area contributed by atoms with Crippen LogP contribution in [-0.2, 0) is 16.0 Å². The molecule has 0 radical (unpaired) electrons. The van der Waals surface area contributed by atoms with Crippen LogP contribution < -0.4 is 15.1 Å². The third-order valence-electron chi connectivity index (χ3n) is 8.90. The summed E-state index contributed by atoms with van der Waals surface area (Å²) in [6.07, 6.45) is 1.05. The average Bonchev–Trinajstić information content (AvgIpc) is 3.34. The minimum Gasteiger partial charge on any atom is -0.366 e. The van der Waals surface area contributed by atoms with E-state index in [1.165, 1.54) is 11.0 Å². The molecule has 0 aliphatic carbocycles. The van der Waals surface area contributed by atoms with Gasteiger partial charge in [-0.1, -0.05) is 36.4 Å². The van der Waals surface area contributed by atoms with Crippen LogP contribution in [0.2, 0.25) is 0 Å². The van der Waals surface area contributed by atoms with Gasteiger partial charge in [0.05, 0.1) is 17.9 Å². The van der Waals surface area contributed by atoms with Gasteiger partial charge >= 0.3 is 0 Å². The van der Waals surface area contributed by atoms with Crippen LogP contribution in [0.15, 0.2) is 72.8 Å². The predicted molar refractivity (Wildman–Crippen MR) is 167 cm³/mol. The van der Waals surface area contributed by atoms with E-state index in [-0.39, 0.29) is 36.3 Å². The van der Waals surface area contributed by atoms with Crippen LogP contribution in [0.4, 0.5) is 21.5 Å². The molecular weight excluding hydrogens is 573 g/mol. The SMILES string of the molecule is [C-]#[N+]c1ccc(N2CCN(C(=O)c3ccc(Cc4ccc5c6c(cccc46)C(=O)N5C4CCC(=O)NC4=O)cc3)CC2)c(F)c1. The molecule has 45 heavy (non-hydrogen) atoms. The maximum Gasteiger partial charge on any atom is 0.259 e. The highest BCUT2D eigenvalue weighted by atomic mass is 19.1. The lowest BCUT2D eigenvalue weighted by atomic mass is 9.95. The van der Waals surface area contributed by atoms with Crippen molar-refractivity contribution in [3.05, 3.63) is 112 Å². The summed E-state index contributed by atoms with van der Waals surface area (Å²) in [6, 6.07) is 20.7. The first kappa shape index (κ1) is 28.2. The topological polar surface area (TPSA) is 94.4 Å². The van der Waals surface area contributed by atoms with Crippen molar-refractivity contribution in [3.63, 3.8) is 0 Å². The molecule has 224 valence electrons. The number of nitrogens with one attached hydrogen (secondary N) is 1. The van der Waals surface area contributed by atoms with E-state index in [1.54, 1.807) is 23.1 Å². The lowest BCUT2D eigenvalue weighted by Gasteiger charge is -2.36. The van der Waals surface area contributed by atoms with Gasteiger partial charge in [-0.2, -0.15) is 0 Å². The molecule has 0 aromatic heterocycles. The van der Waals surface area contributed by atoms with E-state index in [0.29, 0.717) is 55.1 Å². The standard InChI is InChI=1S/C35H28FN5O4/c1-37-24-10-12-28(27(36)20-24)39-15-17-40(18-16-39)34(44)22-7-5-21(6-8-22)19-23-9-11-29-32-25(23)3-2-4-26(32)35(45)41(29)30-13-14-31(42)38-33(30)43/h2-12,20,30H,13-19H2,(H,38,42,43). The van der Waals surface area contributed by atoms with Gasteiger partial charge in [0, 0.05) is 49.1 Å². The number of piperazine rings is 1. The smallest absolute Gasteiger partial charge is 0.259 e. The Kier molecular flexibility index (Phi) is 7.01. The Morgan fingerprint density at radius 2 is 1.69 bits per heavy atom. The molecule has 0 saturated carbocycles. The summed E-state index contributed by atoms with van der Waals surface area (Å²) < 4.78 is 14.5. The fourth-order valence-corrected chi connectivity index (χ4v) is 6.60. The van der Waals surface area contributed by atoms with Crippen molar-refractivity contribution in [3.8, 4) is 0 Å². The number of hydrogen-bond acceptors (Lipinski definition) is 5. The summed E-state index contributed by atoms with van der Waals surface area (Å²) in [5, 5.41) is 4.08. The van der Waals surface area contributed by atoms with E-state index < -0.39 is 17.8 Å². The van der Waals surface area contributed by atoms with Crippen LogP contribution in [0.3, 0.4) is 0 Å². The molecule has 9 nitrogen and oxygen atoms in total. The van der Waals surface area contributed by atoms with Gasteiger partial charge in [0.25, 0.3) is 11.8 Å². The van der Waals surface area contributed by atoms with E-state index in [9.17, 15) is 23.6 Å². The molecule has 1 N–H and O–H groups in total. The lowest BCUT2D eigenvalue weighted by molar-refractivity contribution is -0.134. The molecule has 1 atom stereocenters. The molecule has 4 amide bonds. The highest BCUT2D eigenvalue weighted by Crippen LogP contribution is 2.41. The van der Waals surface area contributed by atoms with Crippen molar-refractivity contribution < 1.29 is 23.6 Å². The molecule has 3 aliphatic heterocycles. The Labute approximate surface area is 258 Å². The fourth-order valence-electron chi connectivity index (χ4n) is 6.60. The van der Waals surface area contributed by atoms with Crippen molar-refractivity contribution in [1.29, 1.82) is 0 Å². The van der Waals surface area contributed by atoms with Crippen LogP contribution in [0.25, 0.3) is 15.6 Å². The maximum absolute atomic E-state index is 14.5. The summed E-state index contributed by atoms with van der Waals surface area (Å²) in [5.41, 5.74) is 4.50. The fraction of sp³-hybridized carbons (Fsp3) is 0.229. The van der Waals surface area contributed by atoms with Crippen molar-refractivity contribution in [2.24, 2.45) is 0 Å². The van der Waals surface area contributed by atoms with Gasteiger partial charge in [0.2, 0.25) is 11.8 Å². The number of halogens is 1. The second-order valence-electron chi connectivity index (χ2n) is 11.5. The average molecular weight is 602 g/mol. The first-order valence-electron chi connectivity index (χ1n) is 14.8. The number of carbonyl (C=O) groups excluding carboxylic acids is 4. The first-order chi connectivity index (χ1) is 21.8. The minimum atomic E-state index is -0.733. The molecule has 2 fully saturated rings. The first-order valence-corrected chi connectivity index (χ1v) is 14.8. The number of amides is 4. The van der Waals surface area contributed by atoms with E-state index in [2.05, 4.69) is 10.2 Å². The summed E-state index contributed by atoms with van der Waals surface area (Å²) in [7, 11) is 0. The summed E-state index contributed by atoms with van der Waals surface area (Å²) >= 11 is 0. The number of hydrogen-bond donors (Lipinski definition) is 1. The van der Waals surface area contributed by atoms with Crippen LogP contribution in [0, 0.1) is 12.4 Å². The summed E-state index contributed by atoms with van der Waals surface area (Å²) in [4.78, 5) is 59.5.